The molecule has 1 heterocycles. The molecule has 146 valence electrons. The van der Waals surface area contributed by atoms with E-state index in [2.05, 4.69) is 10.4 Å². The molecule has 2 aromatic carbocycles. The van der Waals surface area contributed by atoms with Crippen molar-refractivity contribution in [2.75, 3.05) is 0 Å². The van der Waals surface area contributed by atoms with Gasteiger partial charge in [0.1, 0.15) is 11.9 Å². The summed E-state index contributed by atoms with van der Waals surface area (Å²) in [7, 11) is 0. The van der Waals surface area contributed by atoms with Crippen LogP contribution < -0.4 is 5.32 Å². The third kappa shape index (κ3) is 4.84. The molecular weight excluding hydrogens is 357 g/mol. The summed E-state index contributed by atoms with van der Waals surface area (Å²) in [6.45, 7) is 4.34. The predicted octanol–water partition coefficient (Wildman–Crippen LogP) is 4.27. The average Bonchev–Trinajstić information content (AvgIpc) is 3.10. The molecule has 5 nitrogen and oxygen atoms in total. The second-order valence-corrected chi connectivity index (χ2v) is 7.19. The predicted molar refractivity (Wildman–Crippen MR) is 107 cm³/mol. The van der Waals surface area contributed by atoms with Crippen LogP contribution in [-0.2, 0) is 11.3 Å². The molecule has 28 heavy (non-hydrogen) atoms. The highest BCUT2D eigenvalue weighted by Gasteiger charge is 2.20. The molecule has 0 unspecified atom stereocenters. The molecule has 3 aromatic rings. The van der Waals surface area contributed by atoms with E-state index in [0.717, 1.165) is 16.8 Å². The van der Waals surface area contributed by atoms with Gasteiger partial charge in [0.25, 0.3) is 0 Å². The lowest BCUT2D eigenvalue weighted by atomic mass is 10.0. The first-order valence-electron chi connectivity index (χ1n) is 9.30. The van der Waals surface area contributed by atoms with Crippen LogP contribution in [-0.4, -0.2) is 26.9 Å². The molecule has 0 saturated heterocycles. The van der Waals surface area contributed by atoms with Crippen LogP contribution in [0.4, 0.5) is 4.39 Å². The zero-order valence-electron chi connectivity index (χ0n) is 16.0. The van der Waals surface area contributed by atoms with Crippen molar-refractivity contribution in [3.63, 3.8) is 0 Å². The van der Waals surface area contributed by atoms with Crippen LogP contribution in [0.3, 0.4) is 0 Å². The Labute approximate surface area is 163 Å². The highest BCUT2D eigenvalue weighted by atomic mass is 19.1. The first-order chi connectivity index (χ1) is 13.4. The van der Waals surface area contributed by atoms with Crippen molar-refractivity contribution in [2.24, 2.45) is 5.92 Å². The van der Waals surface area contributed by atoms with Crippen molar-refractivity contribution in [3.8, 4) is 16.9 Å². The molecule has 0 amide bonds. The van der Waals surface area contributed by atoms with Crippen molar-refractivity contribution in [2.45, 2.75) is 32.9 Å². The van der Waals surface area contributed by atoms with E-state index in [1.54, 1.807) is 16.8 Å². The quantitative estimate of drug-likeness (QED) is 0.612. The van der Waals surface area contributed by atoms with Crippen molar-refractivity contribution in [1.82, 2.24) is 15.1 Å². The van der Waals surface area contributed by atoms with Gasteiger partial charge in [-0.25, -0.2) is 9.07 Å². The molecule has 1 aromatic heterocycles. The fourth-order valence-electron chi connectivity index (χ4n) is 3.08. The van der Waals surface area contributed by atoms with Gasteiger partial charge in [-0.1, -0.05) is 32.0 Å². The Morgan fingerprint density at radius 3 is 2.43 bits per heavy atom. The monoisotopic (exact) mass is 381 g/mol. The molecule has 1 atom stereocenters. The average molecular weight is 381 g/mol. The van der Waals surface area contributed by atoms with E-state index < -0.39 is 12.0 Å². The fraction of sp³-hybridized carbons (Fsp3) is 0.273. The molecule has 0 radical (unpaired) electrons. The van der Waals surface area contributed by atoms with Crippen LogP contribution in [0, 0.1) is 11.7 Å². The molecule has 0 fully saturated rings. The highest BCUT2D eigenvalue weighted by Crippen LogP contribution is 2.24. The van der Waals surface area contributed by atoms with Gasteiger partial charge < -0.3 is 10.4 Å². The van der Waals surface area contributed by atoms with Crippen LogP contribution in [0.2, 0.25) is 0 Å². The smallest absolute Gasteiger partial charge is 0.320 e. The lowest BCUT2D eigenvalue weighted by Crippen LogP contribution is -2.37. The number of nitrogens with zero attached hydrogens (tertiary/aromatic N) is 2. The maximum absolute atomic E-state index is 13.3. The van der Waals surface area contributed by atoms with Crippen LogP contribution in [0.25, 0.3) is 16.9 Å². The molecule has 0 aliphatic carbocycles. The van der Waals surface area contributed by atoms with Gasteiger partial charge in [0.15, 0.2) is 0 Å². The number of benzene rings is 2. The summed E-state index contributed by atoms with van der Waals surface area (Å²) in [5.74, 6) is -0.918. The first-order valence-corrected chi connectivity index (χ1v) is 9.30. The lowest BCUT2D eigenvalue weighted by Gasteiger charge is -2.16. The highest BCUT2D eigenvalue weighted by molar-refractivity contribution is 5.73. The summed E-state index contributed by atoms with van der Waals surface area (Å²) in [5.41, 5.74) is 3.23. The number of carboxylic acids is 1. The van der Waals surface area contributed by atoms with Crippen LogP contribution in [0.15, 0.2) is 60.8 Å². The summed E-state index contributed by atoms with van der Waals surface area (Å²) in [6, 6.07) is 15.2. The summed E-state index contributed by atoms with van der Waals surface area (Å²) >= 11 is 0. The summed E-state index contributed by atoms with van der Waals surface area (Å²) < 4.78 is 15.1. The minimum Gasteiger partial charge on any atom is -0.480 e. The summed E-state index contributed by atoms with van der Waals surface area (Å²) in [4.78, 5) is 11.6. The number of para-hydroxylation sites is 1. The van der Waals surface area contributed by atoms with Gasteiger partial charge in [-0.3, -0.25) is 4.79 Å². The largest absolute Gasteiger partial charge is 0.480 e. The maximum Gasteiger partial charge on any atom is 0.320 e. The van der Waals surface area contributed by atoms with E-state index in [-0.39, 0.29) is 11.7 Å². The Hall–Kier alpha value is -2.99. The van der Waals surface area contributed by atoms with Gasteiger partial charge in [0, 0.05) is 23.9 Å². The Kier molecular flexibility index (Phi) is 6.21. The molecular formula is C22H24FN3O2. The molecule has 0 aliphatic rings. The topological polar surface area (TPSA) is 67.2 Å². The van der Waals surface area contributed by atoms with E-state index >= 15 is 0 Å². The minimum absolute atomic E-state index is 0.261. The number of halogens is 1. The first kappa shape index (κ1) is 19.8. The normalized spacial score (nSPS) is 12.3. The van der Waals surface area contributed by atoms with Gasteiger partial charge >= 0.3 is 5.97 Å². The molecule has 0 saturated carbocycles. The number of hydrogen-bond acceptors (Lipinski definition) is 3. The molecule has 3 rings (SSSR count). The zero-order valence-corrected chi connectivity index (χ0v) is 16.0. The third-order valence-electron chi connectivity index (χ3n) is 4.47. The standard InChI is InChI=1S/C22H24FN3O2/c1-15(2)12-20(22(27)28)24-13-17-14-26(19-6-4-3-5-7-19)25-21(17)16-8-10-18(23)11-9-16/h3-11,14-15,20,24H,12-13H2,1-2H3,(H,27,28)/t20-/m1/s1. The summed E-state index contributed by atoms with van der Waals surface area (Å²) in [5, 5.41) is 17.3. The SMILES string of the molecule is CC(C)C[C@@H](NCc1cn(-c2ccccc2)nc1-c1ccc(F)cc1)C(=O)O. The number of hydrogen-bond donors (Lipinski definition) is 2. The van der Waals surface area contributed by atoms with E-state index in [4.69, 9.17) is 0 Å². The number of carbonyl (C=O) groups is 1. The van der Waals surface area contributed by atoms with E-state index in [9.17, 15) is 14.3 Å². The molecule has 0 bridgehead atoms. The van der Waals surface area contributed by atoms with Crippen molar-refractivity contribution in [3.05, 3.63) is 72.2 Å². The number of nitrogens with one attached hydrogen (secondary N) is 1. The van der Waals surface area contributed by atoms with Crippen molar-refractivity contribution >= 4 is 5.97 Å². The van der Waals surface area contributed by atoms with Crippen LogP contribution >= 0.6 is 0 Å². The van der Waals surface area contributed by atoms with Gasteiger partial charge in [0.2, 0.25) is 0 Å². The molecule has 0 spiro atoms. The van der Waals surface area contributed by atoms with Crippen molar-refractivity contribution < 1.29 is 14.3 Å². The maximum atomic E-state index is 13.3. The van der Waals surface area contributed by atoms with Gasteiger partial charge in [-0.2, -0.15) is 5.10 Å². The second kappa shape index (κ2) is 8.80. The van der Waals surface area contributed by atoms with E-state index in [0.29, 0.717) is 18.7 Å². The Bertz CT molecular complexity index is 921. The number of aliphatic carboxylic acids is 1. The van der Waals surface area contributed by atoms with Gasteiger partial charge in [-0.05, 0) is 48.7 Å². The van der Waals surface area contributed by atoms with E-state index in [1.807, 2.05) is 50.4 Å². The zero-order chi connectivity index (χ0) is 20.1. The molecule has 6 heteroatoms. The Morgan fingerprint density at radius 1 is 1.14 bits per heavy atom. The molecule has 0 aliphatic heterocycles. The number of carboxylic acid groups (broad SMARTS) is 1. The third-order valence-corrected chi connectivity index (χ3v) is 4.47. The van der Waals surface area contributed by atoms with Gasteiger partial charge in [0.05, 0.1) is 11.4 Å². The number of aromatic nitrogens is 2. The van der Waals surface area contributed by atoms with Crippen LogP contribution in [0.5, 0.6) is 0 Å². The van der Waals surface area contributed by atoms with Gasteiger partial charge in [-0.15, -0.1) is 0 Å². The van der Waals surface area contributed by atoms with Crippen LogP contribution in [0.1, 0.15) is 25.8 Å². The minimum atomic E-state index is -0.868. The second-order valence-electron chi connectivity index (χ2n) is 7.19. The summed E-state index contributed by atoms with van der Waals surface area (Å²) in [6.07, 6.45) is 2.42. The fourth-order valence-corrected chi connectivity index (χ4v) is 3.08. The molecule has 2 N–H and O–H groups in total. The van der Waals surface area contributed by atoms with E-state index in [1.165, 1.54) is 12.1 Å². The Balaban J connectivity index is 1.92. The van der Waals surface area contributed by atoms with Crippen molar-refractivity contribution in [1.29, 1.82) is 0 Å². The lowest BCUT2D eigenvalue weighted by molar-refractivity contribution is -0.140. The number of rotatable bonds is 8. The Morgan fingerprint density at radius 2 is 1.82 bits per heavy atom.